The fraction of sp³-hybridized carbons (Fsp3) is 0.0833. The second-order valence-electron chi connectivity index (χ2n) is 3.19. The lowest BCUT2D eigenvalue weighted by Crippen LogP contribution is -1.99. The van der Waals surface area contributed by atoms with Crippen molar-refractivity contribution in [1.82, 2.24) is 9.97 Å². The van der Waals surface area contributed by atoms with E-state index in [1.54, 1.807) is 18.0 Å². The molecule has 0 amide bonds. The number of benzene rings is 1. The van der Waals surface area contributed by atoms with Crippen molar-refractivity contribution in [2.45, 2.75) is 4.90 Å². The van der Waals surface area contributed by atoms with Crippen molar-refractivity contribution in [2.75, 3.05) is 11.6 Å². The Kier molecular flexibility index (Phi) is 3.58. The maximum atomic E-state index is 8.93. The van der Waals surface area contributed by atoms with E-state index in [2.05, 4.69) is 15.3 Å². The molecule has 0 spiro atoms. The first kappa shape index (κ1) is 11.4. The van der Waals surface area contributed by atoms with Crippen LogP contribution in [0.4, 0.5) is 11.5 Å². The topological polar surface area (TPSA) is 61.6 Å². The van der Waals surface area contributed by atoms with E-state index in [9.17, 15) is 0 Å². The number of thioether (sulfide) groups is 1. The minimum atomic E-state index is 0.295. The molecular formula is C12H10N4S. The fourth-order valence-electron chi connectivity index (χ4n) is 1.39. The van der Waals surface area contributed by atoms with Gasteiger partial charge in [-0.1, -0.05) is 12.1 Å². The monoisotopic (exact) mass is 242 g/mol. The van der Waals surface area contributed by atoms with Gasteiger partial charge in [0.05, 0.1) is 5.69 Å². The highest BCUT2D eigenvalue weighted by Crippen LogP contribution is 2.27. The van der Waals surface area contributed by atoms with Gasteiger partial charge in [0, 0.05) is 17.3 Å². The zero-order valence-electron chi connectivity index (χ0n) is 9.21. The summed E-state index contributed by atoms with van der Waals surface area (Å²) in [6, 6.07) is 9.87. The lowest BCUT2D eigenvalue weighted by atomic mass is 10.3. The molecule has 0 bridgehead atoms. The third-order valence-corrected chi connectivity index (χ3v) is 2.96. The molecule has 2 aromatic rings. The van der Waals surface area contributed by atoms with Gasteiger partial charge in [0.2, 0.25) is 0 Å². The molecule has 5 heteroatoms. The number of para-hydroxylation sites is 1. The number of rotatable bonds is 3. The van der Waals surface area contributed by atoms with Gasteiger partial charge >= 0.3 is 0 Å². The van der Waals surface area contributed by atoms with Gasteiger partial charge in [0.1, 0.15) is 6.07 Å². The SMILES string of the molecule is CSc1ccccc1Nc1nccnc1C#N. The molecule has 0 unspecified atom stereocenters. The zero-order valence-corrected chi connectivity index (χ0v) is 10.0. The summed E-state index contributed by atoms with van der Waals surface area (Å²) >= 11 is 1.63. The Morgan fingerprint density at radius 3 is 2.76 bits per heavy atom. The maximum Gasteiger partial charge on any atom is 0.183 e. The largest absolute Gasteiger partial charge is 0.337 e. The van der Waals surface area contributed by atoms with Crippen molar-refractivity contribution in [3.63, 3.8) is 0 Å². The van der Waals surface area contributed by atoms with Gasteiger partial charge in [-0.2, -0.15) is 5.26 Å². The van der Waals surface area contributed by atoms with Crippen LogP contribution in [0.1, 0.15) is 5.69 Å². The summed E-state index contributed by atoms with van der Waals surface area (Å²) in [5, 5.41) is 12.1. The van der Waals surface area contributed by atoms with E-state index >= 15 is 0 Å². The smallest absolute Gasteiger partial charge is 0.183 e. The molecule has 0 aliphatic heterocycles. The Hall–Kier alpha value is -2.06. The summed E-state index contributed by atoms with van der Waals surface area (Å²) in [6.45, 7) is 0. The number of nitrogens with zero attached hydrogens (tertiary/aromatic N) is 3. The van der Waals surface area contributed by atoms with Crippen LogP contribution in [-0.4, -0.2) is 16.2 Å². The van der Waals surface area contributed by atoms with Crippen LogP contribution in [0.3, 0.4) is 0 Å². The predicted octanol–water partition coefficient (Wildman–Crippen LogP) is 2.81. The molecule has 4 nitrogen and oxygen atoms in total. The van der Waals surface area contributed by atoms with Crippen molar-refractivity contribution < 1.29 is 0 Å². The molecule has 0 saturated heterocycles. The molecule has 17 heavy (non-hydrogen) atoms. The molecule has 0 atom stereocenters. The van der Waals surface area contributed by atoms with Gasteiger partial charge < -0.3 is 5.32 Å². The fourth-order valence-corrected chi connectivity index (χ4v) is 1.94. The summed E-state index contributed by atoms with van der Waals surface area (Å²) in [5.74, 6) is 0.483. The van der Waals surface area contributed by atoms with Gasteiger partial charge in [0.25, 0.3) is 0 Å². The highest BCUT2D eigenvalue weighted by Gasteiger charge is 2.06. The number of hydrogen-bond acceptors (Lipinski definition) is 5. The van der Waals surface area contributed by atoms with E-state index in [0.717, 1.165) is 10.6 Å². The highest BCUT2D eigenvalue weighted by atomic mass is 32.2. The summed E-state index contributed by atoms with van der Waals surface area (Å²) in [6.07, 6.45) is 5.07. The van der Waals surface area contributed by atoms with E-state index in [-0.39, 0.29) is 0 Å². The Labute approximate surface area is 104 Å². The molecule has 1 N–H and O–H groups in total. The quantitative estimate of drug-likeness (QED) is 0.838. The van der Waals surface area contributed by atoms with Crippen LogP contribution in [0.2, 0.25) is 0 Å². The molecule has 1 aromatic carbocycles. The Bertz CT molecular complexity index is 562. The Morgan fingerprint density at radius 1 is 1.24 bits per heavy atom. The molecule has 84 valence electrons. The molecule has 0 saturated carbocycles. The first-order chi connectivity index (χ1) is 8.35. The van der Waals surface area contributed by atoms with Crippen molar-refractivity contribution in [3.05, 3.63) is 42.4 Å². The standard InChI is InChI=1S/C12H10N4S/c1-17-11-5-3-2-4-9(11)16-12-10(8-13)14-6-7-15-12/h2-7H,1H3,(H,15,16). The number of nitriles is 1. The van der Waals surface area contributed by atoms with Gasteiger partial charge in [-0.05, 0) is 18.4 Å². The lowest BCUT2D eigenvalue weighted by Gasteiger charge is -2.09. The predicted molar refractivity (Wildman–Crippen MR) is 68.3 cm³/mol. The summed E-state index contributed by atoms with van der Waals surface area (Å²) in [4.78, 5) is 9.17. The molecule has 0 radical (unpaired) electrons. The normalized spacial score (nSPS) is 9.65. The van der Waals surface area contributed by atoms with Crippen LogP contribution in [0.5, 0.6) is 0 Å². The van der Waals surface area contributed by atoms with Crippen LogP contribution in [0, 0.1) is 11.3 Å². The molecule has 1 aromatic heterocycles. The minimum absolute atomic E-state index is 0.295. The summed E-state index contributed by atoms with van der Waals surface area (Å²) < 4.78 is 0. The molecular weight excluding hydrogens is 232 g/mol. The summed E-state index contributed by atoms with van der Waals surface area (Å²) in [7, 11) is 0. The first-order valence-corrected chi connectivity index (χ1v) is 6.19. The summed E-state index contributed by atoms with van der Waals surface area (Å²) in [5.41, 5.74) is 1.22. The van der Waals surface area contributed by atoms with Crippen LogP contribution >= 0.6 is 11.8 Å². The van der Waals surface area contributed by atoms with E-state index in [1.165, 1.54) is 6.20 Å². The third-order valence-electron chi connectivity index (χ3n) is 2.16. The first-order valence-electron chi connectivity index (χ1n) is 4.96. The molecule has 1 heterocycles. The van der Waals surface area contributed by atoms with Crippen molar-refractivity contribution in [2.24, 2.45) is 0 Å². The van der Waals surface area contributed by atoms with Gasteiger partial charge in [-0.25, -0.2) is 9.97 Å². The Morgan fingerprint density at radius 2 is 2.00 bits per heavy atom. The van der Waals surface area contributed by atoms with Crippen LogP contribution in [-0.2, 0) is 0 Å². The number of nitrogens with one attached hydrogen (secondary N) is 1. The van der Waals surface area contributed by atoms with E-state index in [4.69, 9.17) is 5.26 Å². The second kappa shape index (κ2) is 5.32. The van der Waals surface area contributed by atoms with Gasteiger partial charge in [-0.15, -0.1) is 11.8 Å². The number of hydrogen-bond donors (Lipinski definition) is 1. The third kappa shape index (κ3) is 2.55. The highest BCUT2D eigenvalue weighted by molar-refractivity contribution is 7.98. The zero-order chi connectivity index (χ0) is 12.1. The molecule has 0 aliphatic carbocycles. The molecule has 0 fully saturated rings. The van der Waals surface area contributed by atoms with Crippen molar-refractivity contribution >= 4 is 23.3 Å². The minimum Gasteiger partial charge on any atom is -0.337 e. The molecule has 2 rings (SSSR count). The van der Waals surface area contributed by atoms with Crippen molar-refractivity contribution in [1.29, 1.82) is 5.26 Å². The lowest BCUT2D eigenvalue weighted by molar-refractivity contribution is 1.16. The Balaban J connectivity index is 2.35. The number of anilines is 2. The number of aromatic nitrogens is 2. The van der Waals surface area contributed by atoms with E-state index in [0.29, 0.717) is 11.5 Å². The van der Waals surface area contributed by atoms with E-state index in [1.807, 2.05) is 36.6 Å². The second-order valence-corrected chi connectivity index (χ2v) is 4.04. The van der Waals surface area contributed by atoms with Gasteiger partial charge in [-0.3, -0.25) is 0 Å². The van der Waals surface area contributed by atoms with E-state index < -0.39 is 0 Å². The average Bonchev–Trinajstić information content (AvgIpc) is 2.40. The van der Waals surface area contributed by atoms with Crippen LogP contribution in [0.15, 0.2) is 41.6 Å². The molecule has 0 aliphatic rings. The average molecular weight is 242 g/mol. The maximum absolute atomic E-state index is 8.93. The van der Waals surface area contributed by atoms with Gasteiger partial charge in [0.15, 0.2) is 11.5 Å². The van der Waals surface area contributed by atoms with Crippen LogP contribution < -0.4 is 5.32 Å². The van der Waals surface area contributed by atoms with Crippen LogP contribution in [0.25, 0.3) is 0 Å². The van der Waals surface area contributed by atoms with Crippen molar-refractivity contribution in [3.8, 4) is 6.07 Å².